The van der Waals surface area contributed by atoms with Crippen molar-refractivity contribution in [2.75, 3.05) is 61.5 Å². The maximum atomic E-state index is 13.2. The van der Waals surface area contributed by atoms with E-state index in [0.717, 1.165) is 24.9 Å². The summed E-state index contributed by atoms with van der Waals surface area (Å²) in [7, 11) is -3.61. The Bertz CT molecular complexity index is 1170. The third-order valence-corrected chi connectivity index (χ3v) is 7.88. The van der Waals surface area contributed by atoms with Gasteiger partial charge in [-0.2, -0.15) is 9.57 Å². The number of piperidine rings is 1. The number of morpholine rings is 1. The van der Waals surface area contributed by atoms with Crippen molar-refractivity contribution in [3.8, 4) is 6.07 Å². The summed E-state index contributed by atoms with van der Waals surface area (Å²) < 4.78 is 33.4. The minimum absolute atomic E-state index is 0.0542. The van der Waals surface area contributed by atoms with E-state index >= 15 is 0 Å². The molecule has 2 heterocycles. The van der Waals surface area contributed by atoms with Gasteiger partial charge >= 0.3 is 0 Å². The van der Waals surface area contributed by atoms with Crippen LogP contribution in [0.3, 0.4) is 0 Å². The van der Waals surface area contributed by atoms with Gasteiger partial charge in [-0.3, -0.25) is 4.79 Å². The molecule has 9 nitrogen and oxygen atoms in total. The van der Waals surface area contributed by atoms with Crippen LogP contribution in [0.2, 0.25) is 0 Å². The molecule has 34 heavy (non-hydrogen) atoms. The van der Waals surface area contributed by atoms with E-state index in [9.17, 15) is 13.2 Å². The molecular weight excluding hydrogens is 454 g/mol. The minimum atomic E-state index is -3.61. The first-order chi connectivity index (χ1) is 16.5. The van der Waals surface area contributed by atoms with Crippen LogP contribution in [0.5, 0.6) is 0 Å². The molecule has 2 N–H and O–H groups in total. The van der Waals surface area contributed by atoms with E-state index in [2.05, 4.69) is 15.5 Å². The molecule has 2 saturated heterocycles. The van der Waals surface area contributed by atoms with E-state index in [-0.39, 0.29) is 17.3 Å². The van der Waals surface area contributed by atoms with Crippen LogP contribution in [0, 0.1) is 11.3 Å². The molecule has 0 saturated carbocycles. The minimum Gasteiger partial charge on any atom is -0.378 e. The summed E-state index contributed by atoms with van der Waals surface area (Å²) in [6.45, 7) is 3.54. The highest BCUT2D eigenvalue weighted by atomic mass is 32.2. The monoisotopic (exact) mass is 483 g/mol. The maximum absolute atomic E-state index is 13.2. The van der Waals surface area contributed by atoms with E-state index in [4.69, 9.17) is 10.00 Å². The van der Waals surface area contributed by atoms with Crippen molar-refractivity contribution >= 4 is 33.0 Å². The van der Waals surface area contributed by atoms with Gasteiger partial charge in [-0.1, -0.05) is 12.5 Å². The molecule has 2 aliphatic heterocycles. The van der Waals surface area contributed by atoms with Gasteiger partial charge in [-0.05, 0) is 49.2 Å². The number of nitrogens with zero attached hydrogens (tertiary/aromatic N) is 3. The summed E-state index contributed by atoms with van der Waals surface area (Å²) in [6, 6.07) is 13.8. The number of sulfonamides is 1. The fraction of sp³-hybridized carbons (Fsp3) is 0.417. The first-order valence-electron chi connectivity index (χ1n) is 11.5. The van der Waals surface area contributed by atoms with Crippen molar-refractivity contribution in [2.24, 2.45) is 0 Å². The average Bonchev–Trinajstić information content (AvgIpc) is 2.88. The fourth-order valence-electron chi connectivity index (χ4n) is 4.20. The SMILES string of the molecule is N#Cc1cccc(NC(=O)CNc2cc(S(=O)(=O)N3CCCCC3)ccc2N2CCOCC2)c1. The Kier molecular flexibility index (Phi) is 7.67. The molecule has 2 aliphatic rings. The molecule has 1 amide bonds. The van der Waals surface area contributed by atoms with Crippen LogP contribution in [0.15, 0.2) is 47.4 Å². The Morgan fingerprint density at radius 3 is 2.53 bits per heavy atom. The third-order valence-electron chi connectivity index (χ3n) is 5.99. The second kappa shape index (κ2) is 10.9. The zero-order chi connectivity index (χ0) is 24.0. The van der Waals surface area contributed by atoms with E-state index in [1.807, 2.05) is 6.07 Å². The van der Waals surface area contributed by atoms with Gasteiger partial charge in [0.2, 0.25) is 15.9 Å². The molecule has 2 aromatic carbocycles. The lowest BCUT2D eigenvalue weighted by atomic mass is 10.2. The van der Waals surface area contributed by atoms with Crippen LogP contribution in [0.4, 0.5) is 17.1 Å². The Hall–Kier alpha value is -3.13. The molecule has 0 spiro atoms. The van der Waals surface area contributed by atoms with Crippen molar-refractivity contribution in [3.63, 3.8) is 0 Å². The second-order valence-electron chi connectivity index (χ2n) is 8.34. The van der Waals surface area contributed by atoms with Gasteiger partial charge in [0.1, 0.15) is 0 Å². The smallest absolute Gasteiger partial charge is 0.243 e. The lowest BCUT2D eigenvalue weighted by Gasteiger charge is -2.31. The van der Waals surface area contributed by atoms with Gasteiger partial charge in [0.15, 0.2) is 0 Å². The highest BCUT2D eigenvalue weighted by Gasteiger charge is 2.27. The first kappa shape index (κ1) is 24.0. The molecule has 4 rings (SSSR count). The van der Waals surface area contributed by atoms with Crippen molar-refractivity contribution < 1.29 is 17.9 Å². The summed E-state index contributed by atoms with van der Waals surface area (Å²) >= 11 is 0. The number of hydrogen-bond donors (Lipinski definition) is 2. The number of hydrogen-bond acceptors (Lipinski definition) is 7. The van der Waals surface area contributed by atoms with Crippen LogP contribution >= 0.6 is 0 Å². The van der Waals surface area contributed by atoms with Crippen molar-refractivity contribution in [1.82, 2.24) is 4.31 Å². The van der Waals surface area contributed by atoms with Gasteiger partial charge < -0.3 is 20.3 Å². The second-order valence-corrected chi connectivity index (χ2v) is 10.3. The molecule has 0 atom stereocenters. The standard InChI is InChI=1S/C24H29N5O4S/c25-17-19-5-4-6-20(15-19)27-24(30)18-26-22-16-21(34(31,32)29-9-2-1-3-10-29)7-8-23(22)28-11-13-33-14-12-28/h4-8,15-16,26H,1-3,9-14,18H2,(H,27,30). The van der Waals surface area contributed by atoms with Gasteiger partial charge in [-0.15, -0.1) is 0 Å². The lowest BCUT2D eigenvalue weighted by Crippen LogP contribution is -2.37. The van der Waals surface area contributed by atoms with E-state index < -0.39 is 10.0 Å². The Morgan fingerprint density at radius 1 is 1.03 bits per heavy atom. The van der Waals surface area contributed by atoms with E-state index in [1.165, 1.54) is 0 Å². The maximum Gasteiger partial charge on any atom is 0.243 e. The van der Waals surface area contributed by atoms with E-state index in [0.29, 0.717) is 56.3 Å². The van der Waals surface area contributed by atoms with Crippen LogP contribution in [0.1, 0.15) is 24.8 Å². The summed E-state index contributed by atoms with van der Waals surface area (Å²) in [5, 5.41) is 14.9. The number of carbonyl (C=O) groups excluding carboxylic acids is 1. The molecule has 2 aromatic rings. The summed E-state index contributed by atoms with van der Waals surface area (Å²) in [5.41, 5.74) is 2.40. The van der Waals surface area contributed by atoms with Crippen LogP contribution in [-0.2, 0) is 19.6 Å². The van der Waals surface area contributed by atoms with Crippen LogP contribution < -0.4 is 15.5 Å². The Morgan fingerprint density at radius 2 is 1.79 bits per heavy atom. The van der Waals surface area contributed by atoms with Crippen molar-refractivity contribution in [1.29, 1.82) is 5.26 Å². The quantitative estimate of drug-likeness (QED) is 0.622. The zero-order valence-corrected chi connectivity index (χ0v) is 19.8. The number of carbonyl (C=O) groups is 1. The van der Waals surface area contributed by atoms with Gasteiger partial charge in [-0.25, -0.2) is 8.42 Å². The number of nitriles is 1. The van der Waals surface area contributed by atoms with Crippen LogP contribution in [0.25, 0.3) is 0 Å². The molecule has 0 aromatic heterocycles. The Balaban J connectivity index is 1.54. The normalized spacial score (nSPS) is 17.1. The van der Waals surface area contributed by atoms with Gasteiger partial charge in [0.05, 0.1) is 47.7 Å². The molecule has 10 heteroatoms. The lowest BCUT2D eigenvalue weighted by molar-refractivity contribution is -0.114. The molecular formula is C24H29N5O4S. The highest BCUT2D eigenvalue weighted by Crippen LogP contribution is 2.31. The van der Waals surface area contributed by atoms with E-state index in [1.54, 1.807) is 46.8 Å². The van der Waals surface area contributed by atoms with Crippen molar-refractivity contribution in [3.05, 3.63) is 48.0 Å². The molecule has 0 aliphatic carbocycles. The predicted octanol–water partition coefficient (Wildman–Crippen LogP) is 2.62. The third kappa shape index (κ3) is 5.67. The molecule has 0 radical (unpaired) electrons. The average molecular weight is 484 g/mol. The van der Waals surface area contributed by atoms with Gasteiger partial charge in [0, 0.05) is 31.9 Å². The largest absolute Gasteiger partial charge is 0.378 e. The summed E-state index contributed by atoms with van der Waals surface area (Å²) in [6.07, 6.45) is 2.77. The first-order valence-corrected chi connectivity index (χ1v) is 12.9. The number of benzene rings is 2. The molecule has 0 bridgehead atoms. The van der Waals surface area contributed by atoms with Crippen molar-refractivity contribution in [2.45, 2.75) is 24.2 Å². The number of ether oxygens (including phenoxy) is 1. The topological polar surface area (TPSA) is 115 Å². The molecule has 180 valence electrons. The zero-order valence-electron chi connectivity index (χ0n) is 19.0. The molecule has 2 fully saturated rings. The number of anilines is 3. The Labute approximate surface area is 200 Å². The predicted molar refractivity (Wildman–Crippen MR) is 130 cm³/mol. The summed E-state index contributed by atoms with van der Waals surface area (Å²) in [5.74, 6) is -0.299. The van der Waals surface area contributed by atoms with Gasteiger partial charge in [0.25, 0.3) is 0 Å². The highest BCUT2D eigenvalue weighted by molar-refractivity contribution is 7.89. The summed E-state index contributed by atoms with van der Waals surface area (Å²) in [4.78, 5) is 14.9. The molecule has 0 unspecified atom stereocenters. The number of amides is 1. The fourth-order valence-corrected chi connectivity index (χ4v) is 5.74. The number of rotatable bonds is 7. The number of nitrogens with one attached hydrogen (secondary N) is 2. The van der Waals surface area contributed by atoms with Crippen LogP contribution in [-0.4, -0.2) is 64.6 Å².